The summed E-state index contributed by atoms with van der Waals surface area (Å²) in [5.74, 6) is -0.632. The first-order valence-electron chi connectivity index (χ1n) is 12.5. The number of benzene rings is 2. The SMILES string of the molecule is CC(C)c1ccc(NC(=O)C[C@@H]2C(=O)NCCN2C(=O)CN2CCN(c3ccc(F)cc3)CC2)cc1. The van der Waals surface area contributed by atoms with E-state index in [4.69, 9.17) is 0 Å². The predicted molar refractivity (Wildman–Crippen MR) is 137 cm³/mol. The Morgan fingerprint density at radius 1 is 1.00 bits per heavy atom. The van der Waals surface area contributed by atoms with E-state index in [1.54, 1.807) is 12.1 Å². The molecule has 0 spiro atoms. The highest BCUT2D eigenvalue weighted by Crippen LogP contribution is 2.19. The number of nitrogens with zero attached hydrogens (tertiary/aromatic N) is 3. The zero-order chi connectivity index (χ0) is 25.7. The summed E-state index contributed by atoms with van der Waals surface area (Å²) in [5.41, 5.74) is 2.80. The molecule has 2 saturated heterocycles. The highest BCUT2D eigenvalue weighted by atomic mass is 19.1. The largest absolute Gasteiger partial charge is 0.369 e. The number of carbonyl (C=O) groups is 3. The third-order valence-corrected chi connectivity index (χ3v) is 6.81. The Hall–Kier alpha value is -3.46. The van der Waals surface area contributed by atoms with E-state index < -0.39 is 6.04 Å². The second-order valence-electron chi connectivity index (χ2n) is 9.66. The molecule has 2 N–H and O–H groups in total. The molecule has 2 aromatic carbocycles. The molecule has 0 unspecified atom stereocenters. The molecule has 36 heavy (non-hydrogen) atoms. The maximum atomic E-state index is 13.2. The maximum absolute atomic E-state index is 13.2. The minimum Gasteiger partial charge on any atom is -0.369 e. The molecule has 192 valence electrons. The van der Waals surface area contributed by atoms with Crippen LogP contribution in [0.1, 0.15) is 31.7 Å². The summed E-state index contributed by atoms with van der Waals surface area (Å²) in [6.45, 7) is 7.96. The molecule has 2 aromatic rings. The van der Waals surface area contributed by atoms with E-state index in [0.29, 0.717) is 37.8 Å². The summed E-state index contributed by atoms with van der Waals surface area (Å²) in [7, 11) is 0. The number of rotatable bonds is 7. The normalized spacial score (nSPS) is 18.8. The van der Waals surface area contributed by atoms with Crippen LogP contribution in [-0.2, 0) is 14.4 Å². The van der Waals surface area contributed by atoms with Crippen molar-refractivity contribution in [1.82, 2.24) is 15.1 Å². The topological polar surface area (TPSA) is 85.0 Å². The Kier molecular flexibility index (Phi) is 8.20. The van der Waals surface area contributed by atoms with Gasteiger partial charge in [-0.2, -0.15) is 0 Å². The molecule has 0 radical (unpaired) electrons. The van der Waals surface area contributed by atoms with Gasteiger partial charge in [0, 0.05) is 50.6 Å². The van der Waals surface area contributed by atoms with Gasteiger partial charge >= 0.3 is 0 Å². The number of anilines is 2. The lowest BCUT2D eigenvalue weighted by atomic mass is 10.0. The van der Waals surface area contributed by atoms with Crippen LogP contribution in [-0.4, -0.2) is 79.4 Å². The molecule has 8 nitrogen and oxygen atoms in total. The number of carbonyl (C=O) groups excluding carboxylic acids is 3. The number of halogens is 1. The van der Waals surface area contributed by atoms with Gasteiger partial charge in [-0.05, 0) is 47.9 Å². The molecule has 1 atom stereocenters. The van der Waals surface area contributed by atoms with E-state index >= 15 is 0 Å². The van der Waals surface area contributed by atoms with Crippen LogP contribution in [0.5, 0.6) is 0 Å². The van der Waals surface area contributed by atoms with Gasteiger partial charge < -0.3 is 20.4 Å². The van der Waals surface area contributed by atoms with E-state index in [1.807, 2.05) is 24.3 Å². The quantitative estimate of drug-likeness (QED) is 0.617. The number of nitrogens with one attached hydrogen (secondary N) is 2. The number of piperazine rings is 2. The highest BCUT2D eigenvalue weighted by molar-refractivity contribution is 5.97. The predicted octanol–water partition coefficient (Wildman–Crippen LogP) is 2.43. The van der Waals surface area contributed by atoms with Gasteiger partial charge in [-0.1, -0.05) is 26.0 Å². The first-order chi connectivity index (χ1) is 17.3. The fourth-order valence-electron chi connectivity index (χ4n) is 4.65. The molecule has 0 aromatic heterocycles. The van der Waals surface area contributed by atoms with Crippen LogP contribution in [0.4, 0.5) is 15.8 Å². The Labute approximate surface area is 211 Å². The third kappa shape index (κ3) is 6.40. The van der Waals surface area contributed by atoms with E-state index in [0.717, 1.165) is 18.8 Å². The average Bonchev–Trinajstić information content (AvgIpc) is 2.86. The van der Waals surface area contributed by atoms with Gasteiger partial charge in [0.15, 0.2) is 0 Å². The first kappa shape index (κ1) is 25.6. The van der Waals surface area contributed by atoms with Gasteiger partial charge in [0.1, 0.15) is 11.9 Å². The maximum Gasteiger partial charge on any atom is 0.243 e. The van der Waals surface area contributed by atoms with Crippen LogP contribution in [0, 0.1) is 5.82 Å². The standard InChI is InChI=1S/C27H34FN5O3/c1-19(2)20-3-7-22(8-4-20)30-25(34)17-24-27(36)29-11-12-33(24)26(35)18-31-13-15-32(16-14-31)23-9-5-21(28)6-10-23/h3-10,19,24H,11-18H2,1-2H3,(H,29,36)(H,30,34)/t24-/m1/s1. The Morgan fingerprint density at radius 2 is 1.67 bits per heavy atom. The van der Waals surface area contributed by atoms with Crippen molar-refractivity contribution in [2.24, 2.45) is 0 Å². The lowest BCUT2D eigenvalue weighted by molar-refractivity contribution is -0.145. The summed E-state index contributed by atoms with van der Waals surface area (Å²) >= 11 is 0. The monoisotopic (exact) mass is 495 g/mol. The van der Waals surface area contributed by atoms with Crippen molar-refractivity contribution in [2.75, 3.05) is 56.0 Å². The average molecular weight is 496 g/mol. The van der Waals surface area contributed by atoms with Crippen molar-refractivity contribution in [2.45, 2.75) is 32.2 Å². The van der Waals surface area contributed by atoms with Crippen LogP contribution in [0.3, 0.4) is 0 Å². The molecule has 2 aliphatic heterocycles. The van der Waals surface area contributed by atoms with Crippen molar-refractivity contribution < 1.29 is 18.8 Å². The van der Waals surface area contributed by atoms with Gasteiger partial charge in [-0.25, -0.2) is 4.39 Å². The van der Waals surface area contributed by atoms with Crippen molar-refractivity contribution in [3.63, 3.8) is 0 Å². The Bertz CT molecular complexity index is 1070. The van der Waals surface area contributed by atoms with Crippen LogP contribution < -0.4 is 15.5 Å². The van der Waals surface area contributed by atoms with Crippen molar-refractivity contribution in [1.29, 1.82) is 0 Å². The Balaban J connectivity index is 1.31. The number of amides is 3. The van der Waals surface area contributed by atoms with Crippen molar-refractivity contribution >= 4 is 29.1 Å². The molecular formula is C27H34FN5O3. The molecule has 0 bridgehead atoms. The fourth-order valence-corrected chi connectivity index (χ4v) is 4.65. The van der Waals surface area contributed by atoms with Crippen LogP contribution in [0.25, 0.3) is 0 Å². The van der Waals surface area contributed by atoms with Crippen molar-refractivity contribution in [3.05, 3.63) is 59.9 Å². The molecule has 0 aliphatic carbocycles. The first-order valence-corrected chi connectivity index (χ1v) is 12.5. The zero-order valence-corrected chi connectivity index (χ0v) is 20.9. The molecule has 2 aliphatic rings. The summed E-state index contributed by atoms with van der Waals surface area (Å²) < 4.78 is 13.2. The van der Waals surface area contributed by atoms with Gasteiger partial charge in [-0.3, -0.25) is 19.3 Å². The van der Waals surface area contributed by atoms with E-state index in [1.165, 1.54) is 22.6 Å². The summed E-state index contributed by atoms with van der Waals surface area (Å²) in [4.78, 5) is 44.3. The highest BCUT2D eigenvalue weighted by Gasteiger charge is 2.35. The van der Waals surface area contributed by atoms with Gasteiger partial charge in [0.2, 0.25) is 17.7 Å². The lowest BCUT2D eigenvalue weighted by Crippen LogP contribution is -2.60. The molecule has 2 fully saturated rings. The Morgan fingerprint density at radius 3 is 2.31 bits per heavy atom. The summed E-state index contributed by atoms with van der Waals surface area (Å²) in [6.07, 6.45) is -0.0954. The smallest absolute Gasteiger partial charge is 0.243 e. The van der Waals surface area contributed by atoms with E-state index in [-0.39, 0.29) is 36.5 Å². The van der Waals surface area contributed by atoms with Gasteiger partial charge in [0.25, 0.3) is 0 Å². The van der Waals surface area contributed by atoms with E-state index in [9.17, 15) is 18.8 Å². The molecule has 2 heterocycles. The van der Waals surface area contributed by atoms with Gasteiger partial charge in [0.05, 0.1) is 13.0 Å². The van der Waals surface area contributed by atoms with Crippen LogP contribution >= 0.6 is 0 Å². The summed E-state index contributed by atoms with van der Waals surface area (Å²) in [5, 5.41) is 5.62. The van der Waals surface area contributed by atoms with Crippen molar-refractivity contribution in [3.8, 4) is 0 Å². The fraction of sp³-hybridized carbons (Fsp3) is 0.444. The lowest BCUT2D eigenvalue weighted by Gasteiger charge is -2.39. The van der Waals surface area contributed by atoms with Gasteiger partial charge in [-0.15, -0.1) is 0 Å². The number of hydrogen-bond acceptors (Lipinski definition) is 5. The molecule has 9 heteroatoms. The minimum absolute atomic E-state index is 0.0954. The second-order valence-corrected chi connectivity index (χ2v) is 9.66. The van der Waals surface area contributed by atoms with Crippen LogP contribution in [0.15, 0.2) is 48.5 Å². The number of hydrogen-bond donors (Lipinski definition) is 2. The summed E-state index contributed by atoms with van der Waals surface area (Å²) in [6, 6.07) is 13.2. The molecule has 4 rings (SSSR count). The van der Waals surface area contributed by atoms with E-state index in [2.05, 4.69) is 34.3 Å². The second kappa shape index (κ2) is 11.5. The van der Waals surface area contributed by atoms with Crippen LogP contribution in [0.2, 0.25) is 0 Å². The minimum atomic E-state index is -0.832. The molecule has 3 amide bonds. The zero-order valence-electron chi connectivity index (χ0n) is 20.9. The third-order valence-electron chi connectivity index (χ3n) is 6.81. The molecule has 0 saturated carbocycles. The molecular weight excluding hydrogens is 461 g/mol.